The molecule has 2 rings (SSSR count). The Morgan fingerprint density at radius 3 is 2.53 bits per heavy atom. The molecule has 1 saturated heterocycles. The van der Waals surface area contributed by atoms with E-state index < -0.39 is 0 Å². The zero-order chi connectivity index (χ0) is 13.8. The molecule has 0 radical (unpaired) electrons. The van der Waals surface area contributed by atoms with Gasteiger partial charge in [0.15, 0.2) is 5.82 Å². The Labute approximate surface area is 118 Å². The van der Waals surface area contributed by atoms with Gasteiger partial charge in [-0.05, 0) is 6.92 Å². The van der Waals surface area contributed by atoms with Gasteiger partial charge in [0.25, 0.3) is 0 Å². The lowest BCUT2D eigenvalue weighted by Crippen LogP contribution is -2.27. The molecule has 1 N–H and O–H groups in total. The van der Waals surface area contributed by atoms with Gasteiger partial charge in [0.2, 0.25) is 5.95 Å². The van der Waals surface area contributed by atoms with E-state index >= 15 is 0 Å². The molecule has 6 nitrogen and oxygen atoms in total. The van der Waals surface area contributed by atoms with Crippen LogP contribution in [0.15, 0.2) is 6.20 Å². The van der Waals surface area contributed by atoms with Crippen LogP contribution in [0, 0.1) is 0 Å². The first kappa shape index (κ1) is 14.3. The Hall–Kier alpha value is -1.11. The molecule has 0 aromatic carbocycles. The molecule has 19 heavy (non-hydrogen) atoms. The maximum Gasteiger partial charge on any atom is 0.224 e. The number of anilines is 2. The molecule has 1 aliphatic rings. The smallest absolute Gasteiger partial charge is 0.224 e. The lowest BCUT2D eigenvalue weighted by Gasteiger charge is -2.18. The third-order valence-electron chi connectivity index (χ3n) is 3.18. The van der Waals surface area contributed by atoms with Crippen LogP contribution in [0.25, 0.3) is 0 Å². The molecule has 0 bridgehead atoms. The van der Waals surface area contributed by atoms with Crippen LogP contribution in [0.1, 0.15) is 6.92 Å². The largest absolute Gasteiger partial charge is 0.377 e. The first-order valence-corrected chi connectivity index (χ1v) is 6.64. The zero-order valence-corrected chi connectivity index (χ0v) is 12.1. The van der Waals surface area contributed by atoms with E-state index in [1.807, 2.05) is 6.92 Å². The summed E-state index contributed by atoms with van der Waals surface area (Å²) in [4.78, 5) is 10.6. The van der Waals surface area contributed by atoms with Gasteiger partial charge in [-0.25, -0.2) is 4.98 Å². The molecular formula is C12H19ClN4O2. The predicted octanol–water partition coefficient (Wildman–Crippen LogP) is 1.41. The first-order valence-electron chi connectivity index (χ1n) is 6.26. The van der Waals surface area contributed by atoms with Crippen LogP contribution in [0.4, 0.5) is 11.8 Å². The average Bonchev–Trinajstić information content (AvgIpc) is 2.84. The van der Waals surface area contributed by atoms with E-state index in [0.29, 0.717) is 29.9 Å². The summed E-state index contributed by atoms with van der Waals surface area (Å²) in [6.45, 7) is 4.17. The number of hydrogen-bond acceptors (Lipinski definition) is 6. The van der Waals surface area contributed by atoms with Gasteiger partial charge in [0.05, 0.1) is 6.20 Å². The molecule has 0 aliphatic carbocycles. The van der Waals surface area contributed by atoms with Crippen LogP contribution < -0.4 is 10.2 Å². The Balaban J connectivity index is 2.20. The van der Waals surface area contributed by atoms with Gasteiger partial charge in [-0.3, -0.25) is 0 Å². The van der Waals surface area contributed by atoms with Crippen LogP contribution in [0.5, 0.6) is 0 Å². The van der Waals surface area contributed by atoms with Crippen molar-refractivity contribution >= 4 is 23.4 Å². The summed E-state index contributed by atoms with van der Waals surface area (Å²) >= 11 is 6.18. The quantitative estimate of drug-likeness (QED) is 0.883. The molecule has 0 amide bonds. The van der Waals surface area contributed by atoms with Gasteiger partial charge < -0.3 is 19.7 Å². The highest BCUT2D eigenvalue weighted by Gasteiger charge is 2.34. The standard InChI is InChI=1S/C12H19ClN4O2/c1-4-14-12-15-5-8(13)11(16-12)17-6-9(18-2)10(7-17)19-3/h5,9-10H,4,6-7H2,1-3H3,(H,14,15,16). The third-order valence-corrected chi connectivity index (χ3v) is 3.45. The second-order valence-corrected chi connectivity index (χ2v) is 4.76. The number of nitrogens with one attached hydrogen (secondary N) is 1. The van der Waals surface area contributed by atoms with Crippen molar-refractivity contribution in [2.45, 2.75) is 19.1 Å². The number of methoxy groups -OCH3 is 2. The van der Waals surface area contributed by atoms with Crippen molar-refractivity contribution in [1.29, 1.82) is 0 Å². The Bertz CT molecular complexity index is 420. The number of nitrogens with zero attached hydrogens (tertiary/aromatic N) is 3. The van der Waals surface area contributed by atoms with E-state index in [2.05, 4.69) is 20.2 Å². The molecule has 0 saturated carbocycles. The molecule has 2 unspecified atom stereocenters. The van der Waals surface area contributed by atoms with Gasteiger partial charge in [-0.1, -0.05) is 11.6 Å². The molecule has 1 fully saturated rings. The molecule has 2 atom stereocenters. The molecule has 1 aromatic heterocycles. The van der Waals surface area contributed by atoms with Crippen LogP contribution in [0.2, 0.25) is 5.02 Å². The summed E-state index contributed by atoms with van der Waals surface area (Å²) in [7, 11) is 3.37. The molecular weight excluding hydrogens is 268 g/mol. The van der Waals surface area contributed by atoms with Crippen molar-refractivity contribution in [3.8, 4) is 0 Å². The predicted molar refractivity (Wildman–Crippen MR) is 75.0 cm³/mol. The highest BCUT2D eigenvalue weighted by molar-refractivity contribution is 6.32. The normalized spacial score (nSPS) is 22.8. The number of ether oxygens (including phenoxy) is 2. The number of rotatable bonds is 5. The van der Waals surface area contributed by atoms with E-state index in [1.54, 1.807) is 20.4 Å². The van der Waals surface area contributed by atoms with Gasteiger partial charge in [-0.2, -0.15) is 4.98 Å². The summed E-state index contributed by atoms with van der Waals surface area (Å²) in [5, 5.41) is 3.61. The summed E-state index contributed by atoms with van der Waals surface area (Å²) in [5.74, 6) is 1.30. The fourth-order valence-corrected chi connectivity index (χ4v) is 2.40. The maximum absolute atomic E-state index is 6.18. The maximum atomic E-state index is 6.18. The van der Waals surface area contributed by atoms with Crippen molar-refractivity contribution in [3.05, 3.63) is 11.2 Å². The Morgan fingerprint density at radius 1 is 1.37 bits per heavy atom. The summed E-state index contributed by atoms with van der Waals surface area (Å²) < 4.78 is 10.8. The molecule has 1 aromatic rings. The molecule has 2 heterocycles. The van der Waals surface area contributed by atoms with E-state index in [0.717, 1.165) is 6.54 Å². The summed E-state index contributed by atoms with van der Waals surface area (Å²) in [6, 6.07) is 0. The van der Waals surface area contributed by atoms with Crippen molar-refractivity contribution in [2.75, 3.05) is 44.1 Å². The third kappa shape index (κ3) is 3.08. The fraction of sp³-hybridized carbons (Fsp3) is 0.667. The lowest BCUT2D eigenvalue weighted by atomic mass is 10.3. The summed E-state index contributed by atoms with van der Waals surface area (Å²) in [6.07, 6.45) is 1.67. The minimum Gasteiger partial charge on any atom is -0.377 e. The van der Waals surface area contributed by atoms with Gasteiger partial charge in [0, 0.05) is 33.9 Å². The SMILES string of the molecule is CCNc1ncc(Cl)c(N2CC(OC)C(OC)C2)n1. The van der Waals surface area contributed by atoms with Gasteiger partial charge in [0.1, 0.15) is 17.2 Å². The molecule has 0 spiro atoms. The Kier molecular flexibility index (Phi) is 4.79. The van der Waals surface area contributed by atoms with Crippen molar-refractivity contribution in [1.82, 2.24) is 9.97 Å². The van der Waals surface area contributed by atoms with Crippen LogP contribution in [-0.2, 0) is 9.47 Å². The number of halogens is 1. The van der Waals surface area contributed by atoms with Crippen LogP contribution >= 0.6 is 11.6 Å². The van der Waals surface area contributed by atoms with Crippen molar-refractivity contribution in [3.63, 3.8) is 0 Å². The molecule has 7 heteroatoms. The Morgan fingerprint density at radius 2 is 2.00 bits per heavy atom. The highest BCUT2D eigenvalue weighted by Crippen LogP contribution is 2.28. The number of hydrogen-bond donors (Lipinski definition) is 1. The topological polar surface area (TPSA) is 59.5 Å². The van der Waals surface area contributed by atoms with Crippen LogP contribution in [0.3, 0.4) is 0 Å². The minimum atomic E-state index is 0.0265. The van der Waals surface area contributed by atoms with Gasteiger partial charge in [-0.15, -0.1) is 0 Å². The molecule has 1 aliphatic heterocycles. The fourth-order valence-electron chi connectivity index (χ4n) is 2.19. The summed E-state index contributed by atoms with van der Waals surface area (Å²) in [5.41, 5.74) is 0. The first-order chi connectivity index (χ1) is 9.19. The zero-order valence-electron chi connectivity index (χ0n) is 11.4. The molecule has 106 valence electrons. The number of aromatic nitrogens is 2. The van der Waals surface area contributed by atoms with Crippen LogP contribution in [-0.4, -0.2) is 56.0 Å². The van der Waals surface area contributed by atoms with E-state index in [4.69, 9.17) is 21.1 Å². The monoisotopic (exact) mass is 286 g/mol. The highest BCUT2D eigenvalue weighted by atomic mass is 35.5. The van der Waals surface area contributed by atoms with E-state index in [9.17, 15) is 0 Å². The van der Waals surface area contributed by atoms with E-state index in [-0.39, 0.29) is 12.2 Å². The second-order valence-electron chi connectivity index (χ2n) is 4.35. The minimum absolute atomic E-state index is 0.0265. The second kappa shape index (κ2) is 6.36. The van der Waals surface area contributed by atoms with E-state index in [1.165, 1.54) is 0 Å². The van der Waals surface area contributed by atoms with Gasteiger partial charge >= 0.3 is 0 Å². The lowest BCUT2D eigenvalue weighted by molar-refractivity contribution is -0.00461. The van der Waals surface area contributed by atoms with Crippen molar-refractivity contribution < 1.29 is 9.47 Å². The van der Waals surface area contributed by atoms with Crippen molar-refractivity contribution in [2.24, 2.45) is 0 Å². The average molecular weight is 287 g/mol.